The Bertz CT molecular complexity index is 509. The van der Waals surface area contributed by atoms with Crippen LogP contribution in [0.5, 0.6) is 0 Å². The van der Waals surface area contributed by atoms with Crippen LogP contribution in [0.3, 0.4) is 0 Å². The van der Waals surface area contributed by atoms with E-state index in [2.05, 4.69) is 6.07 Å². The van der Waals surface area contributed by atoms with Gasteiger partial charge in [0.15, 0.2) is 0 Å². The number of nitrogens with two attached hydrogens (primary N) is 1. The first kappa shape index (κ1) is 11.7. The summed E-state index contributed by atoms with van der Waals surface area (Å²) in [5.41, 5.74) is 5.75. The molecule has 0 aromatic heterocycles. The number of hydrogen-bond donors (Lipinski definition) is 2. The Hall–Kier alpha value is -1.35. The first-order chi connectivity index (χ1) is 8.47. The van der Waals surface area contributed by atoms with Gasteiger partial charge in [-0.25, -0.2) is 0 Å². The number of carbonyl (C=O) groups is 1. The average Bonchev–Trinajstić information content (AvgIpc) is 2.71. The molecule has 1 saturated carbocycles. The Balaban J connectivity index is 2.24. The van der Waals surface area contributed by atoms with Gasteiger partial charge in [-0.1, -0.05) is 24.3 Å². The predicted molar refractivity (Wildman–Crippen MR) is 68.7 cm³/mol. The molecular formula is C15H19NO2. The number of fused-ring (bicyclic) bond motifs is 3. The Morgan fingerprint density at radius 2 is 2.17 bits per heavy atom. The Morgan fingerprint density at radius 3 is 2.89 bits per heavy atom. The maximum atomic E-state index is 12.0. The number of carbonyl (C=O) groups excluding carboxylic acids is 1. The van der Waals surface area contributed by atoms with Gasteiger partial charge in [-0.15, -0.1) is 0 Å². The third-order valence-corrected chi connectivity index (χ3v) is 5.07. The van der Waals surface area contributed by atoms with E-state index < -0.39 is 11.0 Å². The van der Waals surface area contributed by atoms with E-state index in [-0.39, 0.29) is 5.91 Å². The molecule has 3 nitrogen and oxygen atoms in total. The Kier molecular flexibility index (Phi) is 2.33. The molecule has 1 fully saturated rings. The van der Waals surface area contributed by atoms with E-state index in [0.717, 1.165) is 24.0 Å². The van der Waals surface area contributed by atoms with E-state index in [1.165, 1.54) is 0 Å². The van der Waals surface area contributed by atoms with Crippen LogP contribution in [-0.4, -0.2) is 11.0 Å². The zero-order chi connectivity index (χ0) is 13.0. The van der Waals surface area contributed by atoms with Crippen molar-refractivity contribution >= 4 is 5.91 Å². The smallest absolute Gasteiger partial charge is 0.226 e. The predicted octanol–water partition coefficient (Wildman–Crippen LogP) is 1.72. The molecule has 0 radical (unpaired) electrons. The highest BCUT2D eigenvalue weighted by molar-refractivity contribution is 5.83. The minimum atomic E-state index is -1.15. The first-order valence-corrected chi connectivity index (χ1v) is 6.58. The largest absolute Gasteiger partial charge is 0.384 e. The Morgan fingerprint density at radius 1 is 1.44 bits per heavy atom. The summed E-state index contributed by atoms with van der Waals surface area (Å²) in [6.45, 7) is 1.75. The van der Waals surface area contributed by atoms with E-state index in [1.807, 2.05) is 18.2 Å². The molecule has 1 aromatic carbocycles. The molecule has 1 amide bonds. The van der Waals surface area contributed by atoms with E-state index >= 15 is 0 Å². The first-order valence-electron chi connectivity index (χ1n) is 6.58. The second-order valence-electron chi connectivity index (χ2n) is 5.99. The summed E-state index contributed by atoms with van der Waals surface area (Å²) in [4.78, 5) is 12.0. The molecule has 0 saturated heterocycles. The van der Waals surface area contributed by atoms with Crippen molar-refractivity contribution in [3.63, 3.8) is 0 Å². The highest BCUT2D eigenvalue weighted by atomic mass is 16.3. The summed E-state index contributed by atoms with van der Waals surface area (Å²) >= 11 is 0. The molecule has 3 N–H and O–H groups in total. The lowest BCUT2D eigenvalue weighted by Gasteiger charge is -2.40. The molecule has 3 heteroatoms. The van der Waals surface area contributed by atoms with Gasteiger partial charge >= 0.3 is 0 Å². The fraction of sp³-hybridized carbons (Fsp3) is 0.533. The van der Waals surface area contributed by atoms with Crippen molar-refractivity contribution in [2.75, 3.05) is 0 Å². The number of hydrogen-bond acceptors (Lipinski definition) is 2. The van der Waals surface area contributed by atoms with Crippen LogP contribution in [-0.2, 0) is 16.8 Å². The lowest BCUT2D eigenvalue weighted by atomic mass is 9.67. The topological polar surface area (TPSA) is 63.3 Å². The summed E-state index contributed by atoms with van der Waals surface area (Å²) < 4.78 is 0. The van der Waals surface area contributed by atoms with Gasteiger partial charge in [-0.05, 0) is 49.7 Å². The van der Waals surface area contributed by atoms with Gasteiger partial charge in [0.05, 0.1) is 5.41 Å². The molecule has 1 aromatic rings. The summed E-state index contributed by atoms with van der Waals surface area (Å²) in [7, 11) is 0. The minimum Gasteiger partial charge on any atom is -0.384 e. The number of amides is 1. The van der Waals surface area contributed by atoms with Gasteiger partial charge in [0.2, 0.25) is 5.91 Å². The van der Waals surface area contributed by atoms with Gasteiger partial charge in [-0.3, -0.25) is 4.79 Å². The average molecular weight is 245 g/mol. The summed E-state index contributed by atoms with van der Waals surface area (Å²) in [5.74, 6) is 0.110. The van der Waals surface area contributed by atoms with Crippen LogP contribution < -0.4 is 5.73 Å². The van der Waals surface area contributed by atoms with Crippen molar-refractivity contribution in [1.29, 1.82) is 0 Å². The van der Waals surface area contributed by atoms with Crippen molar-refractivity contribution in [1.82, 2.24) is 0 Å². The molecule has 3 atom stereocenters. The standard InChI is InChI=1S/C15H19NO2/c1-14(18)12-5-3-2-4-11(12)8-10-6-7-15(14,9-10)13(16)17/h2-5,10,18H,6-9H2,1H3,(H2,16,17). The fourth-order valence-corrected chi connectivity index (χ4v) is 3.97. The summed E-state index contributed by atoms with van der Waals surface area (Å²) in [6, 6.07) is 7.89. The summed E-state index contributed by atoms with van der Waals surface area (Å²) in [6.07, 6.45) is 3.34. The van der Waals surface area contributed by atoms with E-state index in [1.54, 1.807) is 6.92 Å². The quantitative estimate of drug-likeness (QED) is 0.791. The van der Waals surface area contributed by atoms with Crippen LogP contribution in [0.25, 0.3) is 0 Å². The molecule has 2 bridgehead atoms. The summed E-state index contributed by atoms with van der Waals surface area (Å²) in [5, 5.41) is 11.0. The van der Waals surface area contributed by atoms with Gasteiger partial charge in [0, 0.05) is 0 Å². The third-order valence-electron chi connectivity index (χ3n) is 5.07. The third kappa shape index (κ3) is 1.31. The molecule has 3 rings (SSSR count). The number of aliphatic hydroxyl groups is 1. The number of rotatable bonds is 1. The minimum absolute atomic E-state index is 0.355. The highest BCUT2D eigenvalue weighted by Crippen LogP contribution is 2.56. The number of primary amides is 1. The molecule has 3 unspecified atom stereocenters. The van der Waals surface area contributed by atoms with Crippen molar-refractivity contribution in [2.24, 2.45) is 17.1 Å². The SMILES string of the molecule is CC1(O)c2ccccc2CC2CCC1(C(N)=O)C2. The van der Waals surface area contributed by atoms with Crippen molar-refractivity contribution < 1.29 is 9.90 Å². The highest BCUT2D eigenvalue weighted by Gasteiger charge is 2.58. The molecule has 96 valence electrons. The lowest BCUT2D eigenvalue weighted by molar-refractivity contribution is -0.146. The van der Waals surface area contributed by atoms with Crippen LogP contribution in [0.2, 0.25) is 0 Å². The lowest BCUT2D eigenvalue weighted by Crippen LogP contribution is -2.50. The van der Waals surface area contributed by atoms with E-state index in [0.29, 0.717) is 18.8 Å². The zero-order valence-electron chi connectivity index (χ0n) is 10.6. The number of benzene rings is 1. The Labute approximate surface area is 107 Å². The van der Waals surface area contributed by atoms with Crippen molar-refractivity contribution in [3.8, 4) is 0 Å². The molecular weight excluding hydrogens is 226 g/mol. The maximum Gasteiger partial charge on any atom is 0.226 e. The molecule has 0 aliphatic heterocycles. The van der Waals surface area contributed by atoms with Crippen molar-refractivity contribution in [2.45, 2.75) is 38.2 Å². The molecule has 0 heterocycles. The van der Waals surface area contributed by atoms with Crippen LogP contribution in [0.4, 0.5) is 0 Å². The normalized spacial score (nSPS) is 38.0. The maximum absolute atomic E-state index is 12.0. The van der Waals surface area contributed by atoms with Gasteiger partial charge in [-0.2, -0.15) is 0 Å². The van der Waals surface area contributed by atoms with E-state index in [4.69, 9.17) is 5.73 Å². The second kappa shape index (κ2) is 3.58. The van der Waals surface area contributed by atoms with Crippen molar-refractivity contribution in [3.05, 3.63) is 35.4 Å². The van der Waals surface area contributed by atoms with Crippen LogP contribution in [0.15, 0.2) is 24.3 Å². The van der Waals surface area contributed by atoms with Gasteiger partial charge in [0.25, 0.3) is 0 Å². The molecule has 2 aliphatic rings. The fourth-order valence-electron chi connectivity index (χ4n) is 3.97. The van der Waals surface area contributed by atoms with Crippen LogP contribution in [0, 0.1) is 11.3 Å². The van der Waals surface area contributed by atoms with Crippen LogP contribution >= 0.6 is 0 Å². The second-order valence-corrected chi connectivity index (χ2v) is 5.99. The van der Waals surface area contributed by atoms with Gasteiger partial charge in [0.1, 0.15) is 5.60 Å². The van der Waals surface area contributed by atoms with E-state index in [9.17, 15) is 9.90 Å². The monoisotopic (exact) mass is 245 g/mol. The molecule has 18 heavy (non-hydrogen) atoms. The zero-order valence-corrected chi connectivity index (χ0v) is 10.6. The van der Waals surface area contributed by atoms with Crippen LogP contribution in [0.1, 0.15) is 37.3 Å². The molecule has 2 aliphatic carbocycles. The van der Waals surface area contributed by atoms with Gasteiger partial charge < -0.3 is 10.8 Å². The molecule has 0 spiro atoms.